The SMILES string of the molecule is COc1ccc(CCN(C)CCCC2(c3ccccc3)c3cc(OC)c(OC)cc3OC2OP(=O)(O)O)cc1OC. The molecule has 222 valence electrons. The van der Waals surface area contributed by atoms with Crippen molar-refractivity contribution < 1.29 is 42.6 Å². The van der Waals surface area contributed by atoms with Gasteiger partial charge in [0.15, 0.2) is 23.0 Å². The molecule has 0 bridgehead atoms. The Morgan fingerprint density at radius 2 is 1.49 bits per heavy atom. The van der Waals surface area contributed by atoms with E-state index >= 15 is 0 Å². The van der Waals surface area contributed by atoms with Gasteiger partial charge < -0.3 is 38.4 Å². The molecule has 1 aliphatic rings. The number of rotatable bonds is 14. The zero-order valence-electron chi connectivity index (χ0n) is 24.0. The average molecular weight is 588 g/mol. The van der Waals surface area contributed by atoms with Gasteiger partial charge in [0.25, 0.3) is 0 Å². The maximum atomic E-state index is 12.1. The number of methoxy groups -OCH3 is 4. The summed E-state index contributed by atoms with van der Waals surface area (Å²) in [4.78, 5) is 21.9. The fourth-order valence-electron chi connectivity index (χ4n) is 5.41. The molecule has 0 saturated carbocycles. The second kappa shape index (κ2) is 13.1. The maximum absolute atomic E-state index is 12.1. The number of ether oxygens (including phenoxy) is 5. The van der Waals surface area contributed by atoms with E-state index in [-0.39, 0.29) is 0 Å². The first-order valence-electron chi connectivity index (χ1n) is 13.3. The van der Waals surface area contributed by atoms with Gasteiger partial charge in [-0.05, 0) is 62.2 Å². The van der Waals surface area contributed by atoms with Crippen LogP contribution in [-0.2, 0) is 20.9 Å². The van der Waals surface area contributed by atoms with Crippen LogP contribution >= 0.6 is 7.82 Å². The van der Waals surface area contributed by atoms with Crippen molar-refractivity contribution in [3.05, 3.63) is 77.4 Å². The van der Waals surface area contributed by atoms with Gasteiger partial charge in [0.05, 0.1) is 33.9 Å². The quantitative estimate of drug-likeness (QED) is 0.255. The second-order valence-electron chi connectivity index (χ2n) is 9.93. The predicted molar refractivity (Wildman–Crippen MR) is 154 cm³/mol. The largest absolute Gasteiger partial charge is 0.493 e. The van der Waals surface area contributed by atoms with Crippen molar-refractivity contribution in [1.82, 2.24) is 4.90 Å². The molecule has 2 N–H and O–H groups in total. The lowest BCUT2D eigenvalue weighted by molar-refractivity contribution is -0.0431. The Balaban J connectivity index is 1.60. The van der Waals surface area contributed by atoms with Gasteiger partial charge in [-0.1, -0.05) is 36.4 Å². The Kier molecular flexibility index (Phi) is 9.84. The van der Waals surface area contributed by atoms with Crippen LogP contribution in [0.5, 0.6) is 28.7 Å². The lowest BCUT2D eigenvalue weighted by Crippen LogP contribution is -2.41. The van der Waals surface area contributed by atoms with E-state index in [1.807, 2.05) is 61.6 Å². The molecule has 0 spiro atoms. The molecule has 0 aromatic heterocycles. The molecule has 1 aliphatic heterocycles. The van der Waals surface area contributed by atoms with Crippen molar-refractivity contribution in [2.75, 3.05) is 48.6 Å². The Hall–Kier alpha value is -3.27. The average Bonchev–Trinajstić information content (AvgIpc) is 3.26. The molecule has 0 aliphatic carbocycles. The van der Waals surface area contributed by atoms with Gasteiger partial charge >= 0.3 is 7.82 Å². The molecule has 4 rings (SSSR count). The van der Waals surface area contributed by atoms with E-state index in [4.69, 9.17) is 28.2 Å². The molecule has 0 fully saturated rings. The van der Waals surface area contributed by atoms with Crippen molar-refractivity contribution in [2.45, 2.75) is 31.0 Å². The molecule has 2 unspecified atom stereocenters. The topological polar surface area (TPSA) is 116 Å². The van der Waals surface area contributed by atoms with Crippen LogP contribution in [0.3, 0.4) is 0 Å². The first kappa shape index (κ1) is 30.7. The third kappa shape index (κ3) is 6.80. The minimum atomic E-state index is -4.91. The second-order valence-corrected chi connectivity index (χ2v) is 11.1. The Bertz CT molecular complexity index is 1360. The monoisotopic (exact) mass is 587 g/mol. The highest BCUT2D eigenvalue weighted by atomic mass is 31.2. The van der Waals surface area contributed by atoms with E-state index in [1.54, 1.807) is 27.4 Å². The van der Waals surface area contributed by atoms with Crippen LogP contribution in [0.1, 0.15) is 29.5 Å². The number of phosphoric ester groups is 1. The highest BCUT2D eigenvalue weighted by molar-refractivity contribution is 7.46. The van der Waals surface area contributed by atoms with E-state index in [9.17, 15) is 14.4 Å². The summed E-state index contributed by atoms with van der Waals surface area (Å²) in [6.07, 6.45) is 0.725. The molecular weight excluding hydrogens is 549 g/mol. The standard InChI is InChI=1S/C30H38NO9P/c1-31(17-14-21-12-13-24(35-2)26(18-21)36-3)16-9-15-30(22-10-7-6-8-11-22)23-19-27(37-4)28(38-5)20-25(23)39-29(30)40-41(32,33)34/h6-8,10-13,18-20,29H,9,14-17H2,1-5H3,(H2,32,33,34). The van der Waals surface area contributed by atoms with Crippen molar-refractivity contribution >= 4 is 7.82 Å². The van der Waals surface area contributed by atoms with Crippen LogP contribution in [0.25, 0.3) is 0 Å². The van der Waals surface area contributed by atoms with Crippen LogP contribution in [-0.4, -0.2) is 69.6 Å². The molecule has 1 heterocycles. The van der Waals surface area contributed by atoms with Crippen LogP contribution in [0.15, 0.2) is 60.7 Å². The first-order valence-corrected chi connectivity index (χ1v) is 14.8. The maximum Gasteiger partial charge on any atom is 0.472 e. The van der Waals surface area contributed by atoms with Crippen molar-refractivity contribution in [1.29, 1.82) is 0 Å². The summed E-state index contributed by atoms with van der Waals surface area (Å²) in [6, 6.07) is 18.9. The summed E-state index contributed by atoms with van der Waals surface area (Å²) in [5.74, 6) is 2.74. The number of likely N-dealkylation sites (N-methyl/N-ethyl adjacent to an activating group) is 1. The van der Waals surface area contributed by atoms with Gasteiger partial charge in [0, 0.05) is 18.2 Å². The van der Waals surface area contributed by atoms with Gasteiger partial charge in [-0.25, -0.2) is 9.09 Å². The van der Waals surface area contributed by atoms with E-state index < -0.39 is 19.5 Å². The van der Waals surface area contributed by atoms with Crippen molar-refractivity contribution in [3.63, 3.8) is 0 Å². The van der Waals surface area contributed by atoms with E-state index in [0.717, 1.165) is 30.6 Å². The van der Waals surface area contributed by atoms with Crippen molar-refractivity contribution in [3.8, 4) is 28.7 Å². The van der Waals surface area contributed by atoms with E-state index in [0.29, 0.717) is 47.2 Å². The van der Waals surface area contributed by atoms with Gasteiger partial charge in [0.1, 0.15) is 5.75 Å². The number of hydrogen-bond donors (Lipinski definition) is 2. The van der Waals surface area contributed by atoms with E-state index in [2.05, 4.69) is 4.90 Å². The highest BCUT2D eigenvalue weighted by Crippen LogP contribution is 2.56. The van der Waals surface area contributed by atoms with Crippen LogP contribution < -0.4 is 23.7 Å². The molecule has 0 amide bonds. The summed E-state index contributed by atoms with van der Waals surface area (Å²) in [5, 5.41) is 0. The zero-order chi connectivity index (χ0) is 29.6. The third-order valence-electron chi connectivity index (χ3n) is 7.47. The molecule has 3 aromatic rings. The van der Waals surface area contributed by atoms with Crippen molar-refractivity contribution in [2.24, 2.45) is 0 Å². The number of phosphoric acid groups is 1. The number of hydrogen-bond acceptors (Lipinski definition) is 8. The predicted octanol–water partition coefficient (Wildman–Crippen LogP) is 4.79. The number of nitrogens with zero attached hydrogens (tertiary/aromatic N) is 1. The first-order chi connectivity index (χ1) is 19.6. The Morgan fingerprint density at radius 3 is 2.12 bits per heavy atom. The molecule has 11 heteroatoms. The molecule has 0 radical (unpaired) electrons. The molecule has 10 nitrogen and oxygen atoms in total. The fourth-order valence-corrected chi connectivity index (χ4v) is 5.88. The number of benzene rings is 3. The minimum absolute atomic E-state index is 0.423. The molecule has 0 saturated heterocycles. The lowest BCUT2D eigenvalue weighted by Gasteiger charge is -2.35. The summed E-state index contributed by atoms with van der Waals surface area (Å²) >= 11 is 0. The minimum Gasteiger partial charge on any atom is -0.493 e. The smallest absolute Gasteiger partial charge is 0.472 e. The number of fused-ring (bicyclic) bond motifs is 1. The fraction of sp³-hybridized carbons (Fsp3) is 0.400. The molecule has 41 heavy (non-hydrogen) atoms. The zero-order valence-corrected chi connectivity index (χ0v) is 24.9. The molecule has 2 atom stereocenters. The van der Waals surface area contributed by atoms with Crippen LogP contribution in [0, 0.1) is 0 Å². The lowest BCUT2D eigenvalue weighted by atomic mass is 9.71. The van der Waals surface area contributed by atoms with Crippen LogP contribution in [0.2, 0.25) is 0 Å². The molecule has 3 aromatic carbocycles. The summed E-state index contributed by atoms with van der Waals surface area (Å²) < 4.78 is 45.3. The highest BCUT2D eigenvalue weighted by Gasteiger charge is 2.53. The van der Waals surface area contributed by atoms with Crippen LogP contribution in [0.4, 0.5) is 0 Å². The van der Waals surface area contributed by atoms with Gasteiger partial charge in [0.2, 0.25) is 6.29 Å². The van der Waals surface area contributed by atoms with Gasteiger partial charge in [-0.2, -0.15) is 0 Å². The van der Waals surface area contributed by atoms with Gasteiger partial charge in [-0.3, -0.25) is 0 Å². The summed E-state index contributed by atoms with van der Waals surface area (Å²) in [6.45, 7) is 1.53. The Morgan fingerprint density at radius 1 is 0.854 bits per heavy atom. The summed E-state index contributed by atoms with van der Waals surface area (Å²) in [5.41, 5.74) is 1.65. The summed E-state index contributed by atoms with van der Waals surface area (Å²) in [7, 11) is 3.44. The molecular formula is C30H38NO9P. The normalized spacial score (nSPS) is 18.1. The van der Waals surface area contributed by atoms with E-state index in [1.165, 1.54) is 7.11 Å². The Labute approximate surface area is 240 Å². The third-order valence-corrected chi connectivity index (χ3v) is 7.93. The van der Waals surface area contributed by atoms with Gasteiger partial charge in [-0.15, -0.1) is 0 Å².